The molecule has 1 saturated heterocycles. The second-order valence-electron chi connectivity index (χ2n) is 5.57. The molecule has 110 valence electrons. The summed E-state index contributed by atoms with van der Waals surface area (Å²) in [7, 11) is 1.83. The first-order chi connectivity index (χ1) is 9.52. The Bertz CT molecular complexity index is 489. The number of likely N-dealkylation sites (tertiary alicyclic amines) is 1. The third-order valence-corrected chi connectivity index (χ3v) is 4.16. The molecule has 0 aromatic heterocycles. The van der Waals surface area contributed by atoms with Crippen LogP contribution in [0.25, 0.3) is 0 Å². The van der Waals surface area contributed by atoms with Crippen LogP contribution in [0.4, 0.5) is 4.39 Å². The second kappa shape index (κ2) is 6.35. The van der Waals surface area contributed by atoms with E-state index < -0.39 is 0 Å². The lowest BCUT2D eigenvalue weighted by Gasteiger charge is -2.28. The van der Waals surface area contributed by atoms with Gasteiger partial charge in [0.25, 0.3) is 5.91 Å². The van der Waals surface area contributed by atoms with E-state index in [9.17, 15) is 9.18 Å². The molecule has 0 aliphatic carbocycles. The smallest absolute Gasteiger partial charge is 0.253 e. The Morgan fingerprint density at radius 1 is 1.50 bits per heavy atom. The normalized spacial score (nSPS) is 19.3. The largest absolute Gasteiger partial charge is 0.340 e. The van der Waals surface area contributed by atoms with E-state index in [1.807, 2.05) is 7.05 Å². The number of likely N-dealkylation sites (N-methyl/N-ethyl adjacent to an activating group) is 2. The Hall–Kier alpha value is -1.42. The third kappa shape index (κ3) is 3.18. The number of hydrogen-bond donors (Lipinski definition) is 0. The van der Waals surface area contributed by atoms with Crippen molar-refractivity contribution >= 4 is 5.91 Å². The molecule has 1 heterocycles. The summed E-state index contributed by atoms with van der Waals surface area (Å²) in [6.45, 7) is 6.83. The number of amides is 1. The molecule has 1 aliphatic heterocycles. The molecule has 2 rings (SSSR count). The molecule has 0 N–H and O–H groups in total. The van der Waals surface area contributed by atoms with Gasteiger partial charge in [0.2, 0.25) is 0 Å². The van der Waals surface area contributed by atoms with Crippen molar-refractivity contribution in [3.63, 3.8) is 0 Å². The predicted octanol–water partition coefficient (Wildman–Crippen LogP) is 2.69. The van der Waals surface area contributed by atoms with E-state index >= 15 is 0 Å². The quantitative estimate of drug-likeness (QED) is 0.845. The summed E-state index contributed by atoms with van der Waals surface area (Å²) in [5.41, 5.74) is 1.29. The zero-order valence-corrected chi connectivity index (χ0v) is 12.5. The molecule has 1 atom stereocenters. The van der Waals surface area contributed by atoms with Crippen LogP contribution in [0.2, 0.25) is 0 Å². The van der Waals surface area contributed by atoms with E-state index in [1.165, 1.54) is 18.6 Å². The van der Waals surface area contributed by atoms with Crippen molar-refractivity contribution in [2.24, 2.45) is 0 Å². The maximum absolute atomic E-state index is 13.1. The van der Waals surface area contributed by atoms with Crippen LogP contribution < -0.4 is 0 Å². The van der Waals surface area contributed by atoms with Gasteiger partial charge in [0.1, 0.15) is 5.82 Å². The van der Waals surface area contributed by atoms with Gasteiger partial charge in [-0.05, 0) is 56.6 Å². The van der Waals surface area contributed by atoms with Crippen molar-refractivity contribution in [2.75, 3.05) is 26.7 Å². The summed E-state index contributed by atoms with van der Waals surface area (Å²) in [4.78, 5) is 16.6. The van der Waals surface area contributed by atoms with Crippen LogP contribution >= 0.6 is 0 Å². The van der Waals surface area contributed by atoms with Gasteiger partial charge in [-0.25, -0.2) is 4.39 Å². The fraction of sp³-hybridized carbons (Fsp3) is 0.562. The highest BCUT2D eigenvalue weighted by Crippen LogP contribution is 2.19. The minimum atomic E-state index is -0.297. The van der Waals surface area contributed by atoms with Gasteiger partial charge in [-0.2, -0.15) is 0 Å². The molecular weight excluding hydrogens is 255 g/mol. The van der Waals surface area contributed by atoms with Crippen LogP contribution in [0.1, 0.15) is 35.7 Å². The van der Waals surface area contributed by atoms with Crippen LogP contribution in [0.15, 0.2) is 18.2 Å². The van der Waals surface area contributed by atoms with Gasteiger partial charge in [0.15, 0.2) is 0 Å². The maximum Gasteiger partial charge on any atom is 0.253 e. The van der Waals surface area contributed by atoms with Crippen molar-refractivity contribution in [1.82, 2.24) is 9.80 Å². The Kier molecular flexibility index (Phi) is 4.76. The number of carbonyl (C=O) groups excluding carboxylic acids is 1. The van der Waals surface area contributed by atoms with Gasteiger partial charge in [0, 0.05) is 25.2 Å². The lowest BCUT2D eigenvalue weighted by Crippen LogP contribution is -2.41. The first-order valence-corrected chi connectivity index (χ1v) is 7.28. The first-order valence-electron chi connectivity index (χ1n) is 7.28. The molecule has 1 fully saturated rings. The molecule has 3 nitrogen and oxygen atoms in total. The van der Waals surface area contributed by atoms with E-state index in [4.69, 9.17) is 0 Å². The van der Waals surface area contributed by atoms with Gasteiger partial charge in [0.05, 0.1) is 0 Å². The molecule has 1 amide bonds. The van der Waals surface area contributed by atoms with Gasteiger partial charge in [-0.15, -0.1) is 0 Å². The second-order valence-corrected chi connectivity index (χ2v) is 5.57. The summed E-state index contributed by atoms with van der Waals surface area (Å²) < 4.78 is 13.1. The van der Waals surface area contributed by atoms with Crippen LogP contribution in [0.5, 0.6) is 0 Å². The maximum atomic E-state index is 13.1. The molecule has 1 aliphatic rings. The van der Waals surface area contributed by atoms with Gasteiger partial charge >= 0.3 is 0 Å². The van der Waals surface area contributed by atoms with E-state index in [2.05, 4.69) is 11.8 Å². The SMILES string of the molecule is CCN1CCCC1CN(C)C(=O)c1ccc(F)cc1C. The number of hydrogen-bond acceptors (Lipinski definition) is 2. The van der Waals surface area contributed by atoms with Crippen molar-refractivity contribution < 1.29 is 9.18 Å². The highest BCUT2D eigenvalue weighted by molar-refractivity contribution is 5.95. The molecule has 0 bridgehead atoms. The Morgan fingerprint density at radius 3 is 2.90 bits per heavy atom. The van der Waals surface area contributed by atoms with E-state index in [0.717, 1.165) is 26.1 Å². The van der Waals surface area contributed by atoms with Crippen LogP contribution in [-0.4, -0.2) is 48.4 Å². The average Bonchev–Trinajstić information content (AvgIpc) is 2.85. The molecule has 0 spiro atoms. The van der Waals surface area contributed by atoms with Crippen LogP contribution in [0.3, 0.4) is 0 Å². The summed E-state index contributed by atoms with van der Waals surface area (Å²) in [5, 5.41) is 0. The predicted molar refractivity (Wildman–Crippen MR) is 78.4 cm³/mol. The molecule has 20 heavy (non-hydrogen) atoms. The van der Waals surface area contributed by atoms with Crippen molar-refractivity contribution in [2.45, 2.75) is 32.7 Å². The molecule has 0 radical (unpaired) electrons. The Labute approximate surface area is 120 Å². The average molecular weight is 278 g/mol. The number of carbonyl (C=O) groups is 1. The lowest BCUT2D eigenvalue weighted by molar-refractivity contribution is 0.0754. The minimum Gasteiger partial charge on any atom is -0.340 e. The third-order valence-electron chi connectivity index (χ3n) is 4.16. The Balaban J connectivity index is 2.05. The van der Waals surface area contributed by atoms with Gasteiger partial charge in [-0.3, -0.25) is 9.69 Å². The van der Waals surface area contributed by atoms with E-state index in [-0.39, 0.29) is 11.7 Å². The highest BCUT2D eigenvalue weighted by Gasteiger charge is 2.26. The lowest BCUT2D eigenvalue weighted by atomic mass is 10.1. The first kappa shape index (κ1) is 15.0. The molecule has 0 saturated carbocycles. The zero-order chi connectivity index (χ0) is 14.7. The van der Waals surface area contributed by atoms with Gasteiger partial charge < -0.3 is 4.90 Å². The molecular formula is C16H23FN2O. The summed E-state index contributed by atoms with van der Waals surface area (Å²) >= 11 is 0. The van der Waals surface area contributed by atoms with Crippen molar-refractivity contribution in [3.8, 4) is 0 Å². The van der Waals surface area contributed by atoms with Crippen LogP contribution in [0, 0.1) is 12.7 Å². The minimum absolute atomic E-state index is 0.0227. The summed E-state index contributed by atoms with van der Waals surface area (Å²) in [6, 6.07) is 4.79. The molecule has 1 aromatic rings. The summed E-state index contributed by atoms with van der Waals surface area (Å²) in [6.07, 6.45) is 2.35. The van der Waals surface area contributed by atoms with E-state index in [1.54, 1.807) is 17.9 Å². The number of aryl methyl sites for hydroxylation is 1. The number of rotatable bonds is 4. The van der Waals surface area contributed by atoms with Crippen molar-refractivity contribution in [3.05, 3.63) is 35.1 Å². The Morgan fingerprint density at radius 2 is 2.25 bits per heavy atom. The zero-order valence-electron chi connectivity index (χ0n) is 12.5. The molecule has 4 heteroatoms. The number of benzene rings is 1. The number of halogens is 1. The highest BCUT2D eigenvalue weighted by atomic mass is 19.1. The fourth-order valence-corrected chi connectivity index (χ4v) is 2.99. The van der Waals surface area contributed by atoms with E-state index in [0.29, 0.717) is 17.2 Å². The van der Waals surface area contributed by atoms with Crippen molar-refractivity contribution in [1.29, 1.82) is 0 Å². The standard InChI is InChI=1S/C16H23FN2O/c1-4-19-9-5-6-14(19)11-18(3)16(20)15-8-7-13(17)10-12(15)2/h7-8,10,14H,4-6,9,11H2,1-3H3. The fourth-order valence-electron chi connectivity index (χ4n) is 2.99. The number of nitrogens with zero attached hydrogens (tertiary/aromatic N) is 2. The summed E-state index contributed by atoms with van der Waals surface area (Å²) in [5.74, 6) is -0.319. The van der Waals surface area contributed by atoms with Crippen LogP contribution in [-0.2, 0) is 0 Å². The molecule has 1 unspecified atom stereocenters. The van der Waals surface area contributed by atoms with Gasteiger partial charge in [-0.1, -0.05) is 6.92 Å². The topological polar surface area (TPSA) is 23.6 Å². The monoisotopic (exact) mass is 278 g/mol. The molecule has 1 aromatic carbocycles.